The highest BCUT2D eigenvalue weighted by Gasteiger charge is 2.01. The van der Waals surface area contributed by atoms with Crippen LogP contribution >= 0.6 is 11.3 Å². The fourth-order valence-electron chi connectivity index (χ4n) is 1.58. The third kappa shape index (κ3) is 2.83. The first-order valence-electron chi connectivity index (χ1n) is 5.34. The van der Waals surface area contributed by atoms with E-state index in [9.17, 15) is 0 Å². The molecule has 0 spiro atoms. The standard InChI is InChI=1S/C13H13N3S/c1-9-5-12(4-3-11(9)6-14)15-7-13-8-17-10(2)16-13/h3-5,8,15H,7H2,1-2H3. The van der Waals surface area contributed by atoms with E-state index in [1.807, 2.05) is 32.0 Å². The normalized spacial score (nSPS) is 9.94. The molecule has 2 rings (SSSR count). The molecular formula is C13H13N3S. The van der Waals surface area contributed by atoms with Crippen LogP contribution < -0.4 is 5.32 Å². The highest BCUT2D eigenvalue weighted by atomic mass is 32.1. The van der Waals surface area contributed by atoms with Crippen molar-refractivity contribution >= 4 is 17.0 Å². The van der Waals surface area contributed by atoms with E-state index >= 15 is 0 Å². The van der Waals surface area contributed by atoms with Crippen molar-refractivity contribution in [3.63, 3.8) is 0 Å². The number of thiazole rings is 1. The van der Waals surface area contributed by atoms with Crippen LogP contribution in [0.2, 0.25) is 0 Å². The molecule has 0 aliphatic rings. The minimum atomic E-state index is 0.718. The van der Waals surface area contributed by atoms with E-state index in [0.717, 1.165) is 34.1 Å². The second-order valence-corrected chi connectivity index (χ2v) is 4.92. The summed E-state index contributed by atoms with van der Waals surface area (Å²) in [6.45, 7) is 4.66. The molecule has 0 amide bonds. The van der Waals surface area contributed by atoms with Crippen LogP contribution in [0.25, 0.3) is 0 Å². The number of nitrogens with one attached hydrogen (secondary N) is 1. The molecule has 1 aromatic carbocycles. The average Bonchev–Trinajstić information content (AvgIpc) is 2.73. The zero-order chi connectivity index (χ0) is 12.3. The van der Waals surface area contributed by atoms with Crippen molar-refractivity contribution in [2.75, 3.05) is 5.32 Å². The molecule has 1 N–H and O–H groups in total. The van der Waals surface area contributed by atoms with Crippen LogP contribution in [0.15, 0.2) is 23.6 Å². The first-order valence-corrected chi connectivity index (χ1v) is 6.22. The minimum absolute atomic E-state index is 0.718. The van der Waals surface area contributed by atoms with Crippen LogP contribution in [0, 0.1) is 25.2 Å². The van der Waals surface area contributed by atoms with E-state index in [1.165, 1.54) is 0 Å². The lowest BCUT2D eigenvalue weighted by molar-refractivity contribution is 1.05. The highest BCUT2D eigenvalue weighted by molar-refractivity contribution is 7.09. The topological polar surface area (TPSA) is 48.7 Å². The molecule has 86 valence electrons. The zero-order valence-corrected chi connectivity index (χ0v) is 10.6. The number of hydrogen-bond acceptors (Lipinski definition) is 4. The first kappa shape index (κ1) is 11.6. The Morgan fingerprint density at radius 3 is 2.82 bits per heavy atom. The molecular weight excluding hydrogens is 230 g/mol. The molecule has 1 aromatic heterocycles. The van der Waals surface area contributed by atoms with Gasteiger partial charge in [-0.25, -0.2) is 4.98 Å². The van der Waals surface area contributed by atoms with Gasteiger partial charge < -0.3 is 5.32 Å². The van der Waals surface area contributed by atoms with Crippen molar-refractivity contribution in [2.24, 2.45) is 0 Å². The second kappa shape index (κ2) is 4.98. The molecule has 2 aromatic rings. The van der Waals surface area contributed by atoms with E-state index in [1.54, 1.807) is 11.3 Å². The van der Waals surface area contributed by atoms with Gasteiger partial charge in [-0.05, 0) is 37.6 Å². The van der Waals surface area contributed by atoms with E-state index < -0.39 is 0 Å². The van der Waals surface area contributed by atoms with Gasteiger partial charge in [0.05, 0.1) is 28.9 Å². The Morgan fingerprint density at radius 1 is 1.41 bits per heavy atom. The molecule has 1 heterocycles. The number of anilines is 1. The predicted molar refractivity (Wildman–Crippen MR) is 70.1 cm³/mol. The summed E-state index contributed by atoms with van der Waals surface area (Å²) in [5.74, 6) is 0. The van der Waals surface area contributed by atoms with Crippen molar-refractivity contribution in [1.29, 1.82) is 5.26 Å². The van der Waals surface area contributed by atoms with E-state index in [2.05, 4.69) is 21.8 Å². The van der Waals surface area contributed by atoms with E-state index in [0.29, 0.717) is 0 Å². The molecule has 0 atom stereocenters. The molecule has 0 saturated heterocycles. The molecule has 0 unspecified atom stereocenters. The SMILES string of the molecule is Cc1nc(CNc2ccc(C#N)c(C)c2)cs1. The Morgan fingerprint density at radius 2 is 2.24 bits per heavy atom. The fraction of sp³-hybridized carbons (Fsp3) is 0.231. The fourth-order valence-corrected chi connectivity index (χ4v) is 2.19. The quantitative estimate of drug-likeness (QED) is 0.900. The third-order valence-corrected chi connectivity index (χ3v) is 3.31. The van der Waals surface area contributed by atoms with Crippen molar-refractivity contribution in [2.45, 2.75) is 20.4 Å². The molecule has 0 radical (unpaired) electrons. The highest BCUT2D eigenvalue weighted by Crippen LogP contribution is 2.16. The van der Waals surface area contributed by atoms with Crippen LogP contribution in [0.4, 0.5) is 5.69 Å². The van der Waals surface area contributed by atoms with Crippen molar-refractivity contribution < 1.29 is 0 Å². The summed E-state index contributed by atoms with van der Waals surface area (Å²) in [6.07, 6.45) is 0. The Labute approximate surface area is 105 Å². The predicted octanol–water partition coefficient (Wildman–Crippen LogP) is 3.24. The lowest BCUT2D eigenvalue weighted by Gasteiger charge is -2.06. The first-order chi connectivity index (χ1) is 8.19. The van der Waals surface area contributed by atoms with Gasteiger partial charge >= 0.3 is 0 Å². The van der Waals surface area contributed by atoms with Gasteiger partial charge in [-0.3, -0.25) is 0 Å². The molecule has 0 saturated carbocycles. The zero-order valence-electron chi connectivity index (χ0n) is 9.82. The van der Waals surface area contributed by atoms with Gasteiger partial charge in [0.2, 0.25) is 0 Å². The van der Waals surface area contributed by atoms with Crippen molar-refractivity contribution in [1.82, 2.24) is 4.98 Å². The summed E-state index contributed by atoms with van der Waals surface area (Å²) in [5.41, 5.74) is 3.79. The number of hydrogen-bond donors (Lipinski definition) is 1. The molecule has 3 nitrogen and oxygen atoms in total. The smallest absolute Gasteiger partial charge is 0.0994 e. The lowest BCUT2D eigenvalue weighted by atomic mass is 10.1. The van der Waals surface area contributed by atoms with Crippen LogP contribution in [0.3, 0.4) is 0 Å². The Balaban J connectivity index is 2.05. The maximum atomic E-state index is 8.84. The molecule has 0 aliphatic heterocycles. The van der Waals surface area contributed by atoms with Gasteiger partial charge in [0, 0.05) is 11.1 Å². The number of aromatic nitrogens is 1. The largest absolute Gasteiger partial charge is 0.379 e. The number of rotatable bonds is 3. The van der Waals surface area contributed by atoms with Crippen molar-refractivity contribution in [3.05, 3.63) is 45.4 Å². The van der Waals surface area contributed by atoms with Crippen LogP contribution in [-0.2, 0) is 6.54 Å². The third-order valence-electron chi connectivity index (χ3n) is 2.49. The molecule has 0 aliphatic carbocycles. The molecule has 0 fully saturated rings. The lowest BCUT2D eigenvalue weighted by Crippen LogP contribution is -2.00. The Bertz CT molecular complexity index is 566. The van der Waals surface area contributed by atoms with Gasteiger partial charge in [-0.15, -0.1) is 11.3 Å². The molecule has 17 heavy (non-hydrogen) atoms. The summed E-state index contributed by atoms with van der Waals surface area (Å²) in [5, 5.41) is 15.3. The Kier molecular flexibility index (Phi) is 3.40. The second-order valence-electron chi connectivity index (χ2n) is 3.85. The number of nitriles is 1. The summed E-state index contributed by atoms with van der Waals surface area (Å²) in [4.78, 5) is 4.39. The monoisotopic (exact) mass is 243 g/mol. The Hall–Kier alpha value is -1.86. The maximum Gasteiger partial charge on any atom is 0.0994 e. The van der Waals surface area contributed by atoms with Gasteiger partial charge in [-0.2, -0.15) is 5.26 Å². The molecule has 4 heteroatoms. The minimum Gasteiger partial charge on any atom is -0.379 e. The summed E-state index contributed by atoms with van der Waals surface area (Å²) < 4.78 is 0. The van der Waals surface area contributed by atoms with Gasteiger partial charge in [0.15, 0.2) is 0 Å². The average molecular weight is 243 g/mol. The van der Waals surface area contributed by atoms with Crippen molar-refractivity contribution in [3.8, 4) is 6.07 Å². The van der Waals surface area contributed by atoms with E-state index in [4.69, 9.17) is 5.26 Å². The van der Waals surface area contributed by atoms with Gasteiger partial charge in [0.1, 0.15) is 0 Å². The van der Waals surface area contributed by atoms with Gasteiger partial charge in [0.25, 0.3) is 0 Å². The van der Waals surface area contributed by atoms with Gasteiger partial charge in [-0.1, -0.05) is 0 Å². The number of nitrogens with zero attached hydrogens (tertiary/aromatic N) is 2. The van der Waals surface area contributed by atoms with Crippen LogP contribution in [0.5, 0.6) is 0 Å². The molecule has 0 bridgehead atoms. The number of aryl methyl sites for hydroxylation is 2. The summed E-state index contributed by atoms with van der Waals surface area (Å²) >= 11 is 1.65. The summed E-state index contributed by atoms with van der Waals surface area (Å²) in [7, 11) is 0. The summed E-state index contributed by atoms with van der Waals surface area (Å²) in [6, 6.07) is 7.90. The maximum absolute atomic E-state index is 8.84. The van der Waals surface area contributed by atoms with Crippen LogP contribution in [-0.4, -0.2) is 4.98 Å². The number of benzene rings is 1. The van der Waals surface area contributed by atoms with Crippen LogP contribution in [0.1, 0.15) is 21.8 Å². The van der Waals surface area contributed by atoms with E-state index in [-0.39, 0.29) is 0 Å².